The molecule has 20 heavy (non-hydrogen) atoms. The molecule has 0 saturated heterocycles. The first-order valence-corrected chi connectivity index (χ1v) is 8.92. The van der Waals surface area contributed by atoms with Crippen LogP contribution in [0.5, 0.6) is 11.5 Å². The highest BCUT2D eigenvalue weighted by atomic mass is 79.9. The smallest absolute Gasteiger partial charge is 0.138 e. The molecule has 0 aromatic heterocycles. The van der Waals surface area contributed by atoms with Crippen molar-refractivity contribution in [1.29, 1.82) is 0 Å². The Bertz CT molecular complexity index is 468. The lowest BCUT2D eigenvalue weighted by Crippen LogP contribution is -2.23. The topological polar surface area (TPSA) is 30.5 Å². The van der Waals surface area contributed by atoms with E-state index < -0.39 is 0 Å². The van der Waals surface area contributed by atoms with Gasteiger partial charge in [0.2, 0.25) is 0 Å². The summed E-state index contributed by atoms with van der Waals surface area (Å²) in [5.41, 5.74) is 2.53. The minimum absolute atomic E-state index is 0.335. The Hall–Kier alpha value is -0.390. The maximum absolute atomic E-state index is 5.66. The Kier molecular flexibility index (Phi) is 6.05. The van der Waals surface area contributed by atoms with Crippen LogP contribution in [-0.4, -0.2) is 26.5 Å². The molecule has 5 heteroatoms. The molecule has 0 spiro atoms. The molecule has 1 N–H and O–H groups in total. The number of thioether (sulfide) groups is 1. The number of methoxy groups -OCH3 is 2. The quantitative estimate of drug-likeness (QED) is 0.855. The van der Waals surface area contributed by atoms with Crippen molar-refractivity contribution in [2.45, 2.75) is 31.6 Å². The van der Waals surface area contributed by atoms with Crippen molar-refractivity contribution >= 4 is 27.7 Å². The standard InChI is InChI=1S/C15H22BrNO2S/c1-4-6-17-12-5-7-20-9-10-13(18-2)8-11(16)15(19-3)14(10)12/h8,12,17H,4-7,9H2,1-3H3. The van der Waals surface area contributed by atoms with Gasteiger partial charge in [0.25, 0.3) is 0 Å². The summed E-state index contributed by atoms with van der Waals surface area (Å²) in [5, 5.41) is 3.65. The van der Waals surface area contributed by atoms with Crippen molar-refractivity contribution in [2.75, 3.05) is 26.5 Å². The zero-order valence-corrected chi connectivity index (χ0v) is 14.7. The van der Waals surface area contributed by atoms with E-state index in [2.05, 4.69) is 28.2 Å². The van der Waals surface area contributed by atoms with Gasteiger partial charge >= 0.3 is 0 Å². The minimum atomic E-state index is 0.335. The highest BCUT2D eigenvalue weighted by molar-refractivity contribution is 9.10. The molecule has 0 radical (unpaired) electrons. The van der Waals surface area contributed by atoms with Crippen molar-refractivity contribution in [1.82, 2.24) is 5.32 Å². The van der Waals surface area contributed by atoms with Gasteiger partial charge in [0.15, 0.2) is 0 Å². The molecular formula is C15H22BrNO2S. The second kappa shape index (κ2) is 7.57. The molecule has 0 bridgehead atoms. The Morgan fingerprint density at radius 2 is 2.20 bits per heavy atom. The maximum atomic E-state index is 5.66. The number of nitrogens with one attached hydrogen (secondary N) is 1. The number of ether oxygens (including phenoxy) is 2. The summed E-state index contributed by atoms with van der Waals surface area (Å²) in [5.74, 6) is 4.02. The highest BCUT2D eigenvalue weighted by Crippen LogP contribution is 2.45. The van der Waals surface area contributed by atoms with Crippen LogP contribution < -0.4 is 14.8 Å². The molecule has 3 nitrogen and oxygen atoms in total. The molecular weight excluding hydrogens is 338 g/mol. The van der Waals surface area contributed by atoms with Crippen LogP contribution >= 0.6 is 27.7 Å². The zero-order valence-electron chi connectivity index (χ0n) is 12.3. The van der Waals surface area contributed by atoms with Gasteiger partial charge in [-0.3, -0.25) is 0 Å². The summed E-state index contributed by atoms with van der Waals surface area (Å²) in [6, 6.07) is 2.35. The fourth-order valence-electron chi connectivity index (χ4n) is 2.62. The van der Waals surface area contributed by atoms with Crippen LogP contribution in [0.2, 0.25) is 0 Å². The molecule has 0 amide bonds. The first-order chi connectivity index (χ1) is 9.72. The average molecular weight is 360 g/mol. The van der Waals surface area contributed by atoms with E-state index >= 15 is 0 Å². The molecule has 0 aliphatic carbocycles. The monoisotopic (exact) mass is 359 g/mol. The van der Waals surface area contributed by atoms with Gasteiger partial charge < -0.3 is 14.8 Å². The van der Waals surface area contributed by atoms with Crippen LogP contribution in [0.1, 0.15) is 36.9 Å². The van der Waals surface area contributed by atoms with Gasteiger partial charge in [0.05, 0.1) is 18.7 Å². The predicted molar refractivity (Wildman–Crippen MR) is 89.1 cm³/mol. The summed E-state index contributed by atoms with van der Waals surface area (Å²) in [6.07, 6.45) is 2.25. The zero-order chi connectivity index (χ0) is 14.5. The summed E-state index contributed by atoms with van der Waals surface area (Å²) >= 11 is 5.57. The van der Waals surface area contributed by atoms with Gasteiger partial charge in [-0.05, 0) is 47.1 Å². The summed E-state index contributed by atoms with van der Waals surface area (Å²) in [7, 11) is 3.47. The molecule has 1 aliphatic heterocycles. The fraction of sp³-hybridized carbons (Fsp3) is 0.600. The Labute approximate surface area is 133 Å². The van der Waals surface area contributed by atoms with E-state index in [1.807, 2.05) is 17.8 Å². The third-order valence-electron chi connectivity index (χ3n) is 3.55. The molecule has 0 saturated carbocycles. The number of hydrogen-bond donors (Lipinski definition) is 1. The summed E-state index contributed by atoms with van der Waals surface area (Å²) < 4.78 is 12.2. The number of benzene rings is 1. The Morgan fingerprint density at radius 1 is 1.40 bits per heavy atom. The van der Waals surface area contributed by atoms with Gasteiger partial charge in [-0.1, -0.05) is 6.92 Å². The van der Waals surface area contributed by atoms with Crippen molar-refractivity contribution in [3.8, 4) is 11.5 Å². The number of rotatable bonds is 5. The minimum Gasteiger partial charge on any atom is -0.496 e. The van der Waals surface area contributed by atoms with Gasteiger partial charge in [0, 0.05) is 22.9 Å². The third-order valence-corrected chi connectivity index (χ3v) is 5.16. The van der Waals surface area contributed by atoms with Crippen LogP contribution in [-0.2, 0) is 5.75 Å². The van der Waals surface area contributed by atoms with Crippen molar-refractivity contribution in [2.24, 2.45) is 0 Å². The maximum Gasteiger partial charge on any atom is 0.138 e. The fourth-order valence-corrected chi connectivity index (χ4v) is 4.25. The van der Waals surface area contributed by atoms with E-state index in [-0.39, 0.29) is 0 Å². The van der Waals surface area contributed by atoms with E-state index in [1.54, 1.807) is 14.2 Å². The van der Waals surface area contributed by atoms with Crippen molar-refractivity contribution in [3.05, 3.63) is 21.7 Å². The van der Waals surface area contributed by atoms with E-state index in [1.165, 1.54) is 11.1 Å². The molecule has 1 unspecified atom stereocenters. The van der Waals surface area contributed by atoms with Crippen LogP contribution in [0.25, 0.3) is 0 Å². The van der Waals surface area contributed by atoms with Gasteiger partial charge in [-0.25, -0.2) is 0 Å². The van der Waals surface area contributed by atoms with Gasteiger partial charge in [-0.15, -0.1) is 0 Å². The number of fused-ring (bicyclic) bond motifs is 1. The average Bonchev–Trinajstić information content (AvgIpc) is 2.67. The lowest BCUT2D eigenvalue weighted by molar-refractivity contribution is 0.383. The lowest BCUT2D eigenvalue weighted by atomic mass is 9.97. The first-order valence-electron chi connectivity index (χ1n) is 6.97. The van der Waals surface area contributed by atoms with Gasteiger partial charge in [-0.2, -0.15) is 11.8 Å². The number of hydrogen-bond acceptors (Lipinski definition) is 4. The van der Waals surface area contributed by atoms with E-state index in [0.29, 0.717) is 6.04 Å². The van der Waals surface area contributed by atoms with Crippen LogP contribution in [0.3, 0.4) is 0 Å². The second-order valence-corrected chi connectivity index (χ2v) is 6.79. The Morgan fingerprint density at radius 3 is 2.85 bits per heavy atom. The second-order valence-electron chi connectivity index (χ2n) is 4.83. The highest BCUT2D eigenvalue weighted by Gasteiger charge is 2.27. The van der Waals surface area contributed by atoms with E-state index in [4.69, 9.17) is 9.47 Å². The van der Waals surface area contributed by atoms with Crippen LogP contribution in [0, 0.1) is 0 Å². The molecule has 2 rings (SSSR count). The van der Waals surface area contributed by atoms with Crippen molar-refractivity contribution < 1.29 is 9.47 Å². The normalized spacial score (nSPS) is 18.3. The third kappa shape index (κ3) is 3.26. The first kappa shape index (κ1) is 16.0. The van der Waals surface area contributed by atoms with E-state index in [9.17, 15) is 0 Å². The predicted octanol–water partition coefficient (Wildman–Crippen LogP) is 4.14. The molecule has 1 aromatic carbocycles. The Balaban J connectivity index is 2.52. The molecule has 1 atom stereocenters. The SMILES string of the molecule is CCCNC1CCSCc2c(OC)cc(Br)c(OC)c21. The number of halogens is 1. The molecule has 1 aromatic rings. The van der Waals surface area contributed by atoms with Crippen molar-refractivity contribution in [3.63, 3.8) is 0 Å². The van der Waals surface area contributed by atoms with Crippen LogP contribution in [0.15, 0.2) is 10.5 Å². The van der Waals surface area contributed by atoms with E-state index in [0.717, 1.165) is 46.9 Å². The largest absolute Gasteiger partial charge is 0.496 e. The molecule has 112 valence electrons. The summed E-state index contributed by atoms with van der Waals surface area (Å²) in [6.45, 7) is 3.21. The molecule has 1 heterocycles. The van der Waals surface area contributed by atoms with Crippen LogP contribution in [0.4, 0.5) is 0 Å². The molecule has 1 aliphatic rings. The summed E-state index contributed by atoms with van der Waals surface area (Å²) in [4.78, 5) is 0. The lowest BCUT2D eigenvalue weighted by Gasteiger charge is -2.24. The van der Waals surface area contributed by atoms with Gasteiger partial charge in [0.1, 0.15) is 11.5 Å². The molecule has 0 fully saturated rings.